The van der Waals surface area contributed by atoms with Gasteiger partial charge in [-0.15, -0.1) is 0 Å². The molecule has 0 saturated heterocycles. The van der Waals surface area contributed by atoms with Crippen molar-refractivity contribution in [3.63, 3.8) is 0 Å². The third-order valence-corrected chi connectivity index (χ3v) is 8.20. The number of halogens is 1. The number of hydrogen-bond acceptors (Lipinski definition) is 6. The van der Waals surface area contributed by atoms with Crippen molar-refractivity contribution in [3.8, 4) is 11.5 Å². The molecule has 0 aromatic heterocycles. The molecule has 0 heterocycles. The van der Waals surface area contributed by atoms with E-state index in [2.05, 4.69) is 21.2 Å². The van der Waals surface area contributed by atoms with Gasteiger partial charge in [0.2, 0.25) is 11.8 Å². The summed E-state index contributed by atoms with van der Waals surface area (Å²) in [6, 6.07) is 18.9. The smallest absolute Gasteiger partial charge is 0.264 e. The second-order valence-corrected chi connectivity index (χ2v) is 11.1. The molecule has 38 heavy (non-hydrogen) atoms. The molecule has 1 N–H and O–H groups in total. The fourth-order valence-electron chi connectivity index (χ4n) is 3.85. The number of likely N-dealkylation sites (N-methyl/N-ethyl adjacent to an activating group) is 1. The number of nitrogens with one attached hydrogen (secondary N) is 1. The van der Waals surface area contributed by atoms with Crippen LogP contribution < -0.4 is 19.1 Å². The highest BCUT2D eigenvalue weighted by Crippen LogP contribution is 2.33. The highest BCUT2D eigenvalue weighted by atomic mass is 79.9. The summed E-state index contributed by atoms with van der Waals surface area (Å²) < 4.78 is 40.2. The zero-order valence-corrected chi connectivity index (χ0v) is 24.0. The molecule has 0 bridgehead atoms. The standard InChI is InChI=1S/C27H30BrN3O6S/c1-19(27(33)29-2)30(17-20-8-7-9-21(28)16-20)26(32)18-31(24-10-5-6-11-25(24)37-4)38(34,35)23-14-12-22(36-3)13-15-23/h5-16,19H,17-18H2,1-4H3,(H,29,33). The fourth-order valence-corrected chi connectivity index (χ4v) is 5.72. The largest absolute Gasteiger partial charge is 0.497 e. The van der Waals surface area contributed by atoms with Crippen LogP contribution in [0, 0.1) is 0 Å². The number of methoxy groups -OCH3 is 2. The molecular weight excluding hydrogens is 574 g/mol. The Labute approximate surface area is 231 Å². The molecule has 0 spiro atoms. The predicted molar refractivity (Wildman–Crippen MR) is 149 cm³/mol. The van der Waals surface area contributed by atoms with E-state index in [9.17, 15) is 18.0 Å². The van der Waals surface area contributed by atoms with Crippen molar-refractivity contribution in [1.29, 1.82) is 0 Å². The molecule has 3 rings (SSSR count). The molecule has 0 aliphatic carbocycles. The van der Waals surface area contributed by atoms with E-state index < -0.39 is 28.5 Å². The second-order valence-electron chi connectivity index (χ2n) is 8.30. The molecule has 0 aliphatic rings. The van der Waals surface area contributed by atoms with Crippen molar-refractivity contribution in [2.24, 2.45) is 0 Å². The van der Waals surface area contributed by atoms with Crippen molar-refractivity contribution >= 4 is 43.5 Å². The Morgan fingerprint density at radius 3 is 2.26 bits per heavy atom. The summed E-state index contributed by atoms with van der Waals surface area (Å²) in [6.07, 6.45) is 0. The van der Waals surface area contributed by atoms with E-state index in [0.717, 1.165) is 14.3 Å². The zero-order valence-electron chi connectivity index (χ0n) is 21.5. The number of ether oxygens (including phenoxy) is 2. The van der Waals surface area contributed by atoms with E-state index >= 15 is 0 Å². The Kier molecular flexibility index (Phi) is 9.76. The summed E-state index contributed by atoms with van der Waals surface area (Å²) in [4.78, 5) is 27.7. The molecule has 1 unspecified atom stereocenters. The first kappa shape index (κ1) is 29.0. The number of rotatable bonds is 11. The molecule has 2 amide bonds. The van der Waals surface area contributed by atoms with Crippen LogP contribution in [0.25, 0.3) is 0 Å². The molecule has 0 fully saturated rings. The van der Waals surface area contributed by atoms with E-state index in [4.69, 9.17) is 9.47 Å². The lowest BCUT2D eigenvalue weighted by atomic mass is 10.1. The summed E-state index contributed by atoms with van der Waals surface area (Å²) in [7, 11) is 0.158. The van der Waals surface area contributed by atoms with Crippen LogP contribution in [0.2, 0.25) is 0 Å². The van der Waals surface area contributed by atoms with Crippen LogP contribution in [-0.2, 0) is 26.2 Å². The van der Waals surface area contributed by atoms with Gasteiger partial charge in [0.1, 0.15) is 24.1 Å². The van der Waals surface area contributed by atoms with Gasteiger partial charge in [0.05, 0.1) is 24.8 Å². The second kappa shape index (κ2) is 12.8. The summed E-state index contributed by atoms with van der Waals surface area (Å²) in [5.41, 5.74) is 0.958. The topological polar surface area (TPSA) is 105 Å². The van der Waals surface area contributed by atoms with Gasteiger partial charge in [-0.05, 0) is 61.0 Å². The van der Waals surface area contributed by atoms with Crippen LogP contribution >= 0.6 is 15.9 Å². The summed E-state index contributed by atoms with van der Waals surface area (Å²) in [5.74, 6) is -0.182. The van der Waals surface area contributed by atoms with Gasteiger partial charge in [0.15, 0.2) is 0 Å². The highest BCUT2D eigenvalue weighted by Gasteiger charge is 2.33. The van der Waals surface area contributed by atoms with E-state index in [0.29, 0.717) is 5.75 Å². The highest BCUT2D eigenvalue weighted by molar-refractivity contribution is 9.10. The lowest BCUT2D eigenvalue weighted by molar-refractivity contribution is -0.139. The minimum Gasteiger partial charge on any atom is -0.497 e. The number of sulfonamides is 1. The van der Waals surface area contributed by atoms with Gasteiger partial charge in [0.25, 0.3) is 10.0 Å². The Morgan fingerprint density at radius 2 is 1.66 bits per heavy atom. The lowest BCUT2D eigenvalue weighted by Gasteiger charge is -2.32. The van der Waals surface area contributed by atoms with Gasteiger partial charge < -0.3 is 19.7 Å². The molecule has 1 atom stereocenters. The van der Waals surface area contributed by atoms with Crippen molar-refractivity contribution < 1.29 is 27.5 Å². The van der Waals surface area contributed by atoms with Crippen LogP contribution in [0.15, 0.2) is 82.2 Å². The number of carbonyl (C=O) groups excluding carboxylic acids is 2. The van der Waals surface area contributed by atoms with Gasteiger partial charge >= 0.3 is 0 Å². The van der Waals surface area contributed by atoms with Gasteiger partial charge in [-0.25, -0.2) is 8.42 Å². The molecule has 202 valence electrons. The maximum absolute atomic E-state index is 13.9. The molecule has 9 nitrogen and oxygen atoms in total. The SMILES string of the molecule is CNC(=O)C(C)N(Cc1cccc(Br)c1)C(=O)CN(c1ccccc1OC)S(=O)(=O)c1ccc(OC)cc1. The van der Waals surface area contributed by atoms with Crippen molar-refractivity contribution in [2.75, 3.05) is 32.1 Å². The van der Waals surface area contributed by atoms with E-state index in [-0.39, 0.29) is 28.8 Å². The number of nitrogens with zero attached hydrogens (tertiary/aromatic N) is 2. The monoisotopic (exact) mass is 603 g/mol. The Bertz CT molecular complexity index is 1380. The third-order valence-electron chi connectivity index (χ3n) is 5.94. The van der Waals surface area contributed by atoms with Crippen molar-refractivity contribution in [2.45, 2.75) is 24.4 Å². The molecule has 0 aliphatic heterocycles. The first-order valence-electron chi connectivity index (χ1n) is 11.7. The Hall–Kier alpha value is -3.57. The van der Waals surface area contributed by atoms with Gasteiger partial charge in [-0.3, -0.25) is 13.9 Å². The van der Waals surface area contributed by atoms with Crippen molar-refractivity contribution in [1.82, 2.24) is 10.2 Å². The molecule has 3 aromatic carbocycles. The average Bonchev–Trinajstić information content (AvgIpc) is 2.93. The average molecular weight is 605 g/mol. The summed E-state index contributed by atoms with van der Waals surface area (Å²) in [6.45, 7) is 1.12. The molecule has 0 radical (unpaired) electrons. The van der Waals surface area contributed by atoms with Crippen LogP contribution in [0.4, 0.5) is 5.69 Å². The third kappa shape index (κ3) is 6.65. The number of hydrogen-bond donors (Lipinski definition) is 1. The van der Waals surface area contributed by atoms with E-state index in [1.165, 1.54) is 50.4 Å². The van der Waals surface area contributed by atoms with Crippen LogP contribution in [-0.4, -0.2) is 59.0 Å². The lowest BCUT2D eigenvalue weighted by Crippen LogP contribution is -2.50. The molecule has 11 heteroatoms. The number of amides is 2. The first-order chi connectivity index (χ1) is 18.1. The molecule has 0 saturated carbocycles. The quantitative estimate of drug-likeness (QED) is 0.357. The molecule has 3 aromatic rings. The summed E-state index contributed by atoms with van der Waals surface area (Å²) in [5, 5.41) is 2.56. The van der Waals surface area contributed by atoms with Gasteiger partial charge in [0, 0.05) is 18.1 Å². The van der Waals surface area contributed by atoms with Crippen LogP contribution in [0.3, 0.4) is 0 Å². The number of carbonyl (C=O) groups is 2. The first-order valence-corrected chi connectivity index (χ1v) is 13.9. The van der Waals surface area contributed by atoms with Crippen molar-refractivity contribution in [3.05, 3.63) is 82.8 Å². The number of para-hydroxylation sites is 2. The summed E-state index contributed by atoms with van der Waals surface area (Å²) >= 11 is 3.42. The zero-order chi connectivity index (χ0) is 27.9. The van der Waals surface area contributed by atoms with Gasteiger partial charge in [-0.2, -0.15) is 0 Å². The van der Waals surface area contributed by atoms with E-state index in [1.807, 2.05) is 24.3 Å². The minimum absolute atomic E-state index is 0.0325. The van der Waals surface area contributed by atoms with Crippen LogP contribution in [0.5, 0.6) is 11.5 Å². The fraction of sp³-hybridized carbons (Fsp3) is 0.259. The van der Waals surface area contributed by atoms with Gasteiger partial charge in [-0.1, -0.05) is 40.2 Å². The Morgan fingerprint density at radius 1 is 0.974 bits per heavy atom. The normalized spacial score (nSPS) is 11.8. The minimum atomic E-state index is -4.23. The maximum Gasteiger partial charge on any atom is 0.264 e. The maximum atomic E-state index is 13.9. The Balaban J connectivity index is 2.07. The van der Waals surface area contributed by atoms with E-state index in [1.54, 1.807) is 31.2 Å². The number of anilines is 1. The molecular formula is C27H30BrN3O6S. The predicted octanol–water partition coefficient (Wildman–Crippen LogP) is 3.82. The number of benzene rings is 3. The van der Waals surface area contributed by atoms with Crippen LogP contribution in [0.1, 0.15) is 12.5 Å².